The van der Waals surface area contributed by atoms with Crippen LogP contribution in [0.4, 0.5) is 0 Å². The molecule has 1 aliphatic rings. The van der Waals surface area contributed by atoms with Gasteiger partial charge in [0.25, 0.3) is 0 Å². The second kappa shape index (κ2) is 6.11. The molecule has 1 aromatic rings. The quantitative estimate of drug-likeness (QED) is 0.911. The fourth-order valence-electron chi connectivity index (χ4n) is 2.69. The number of amides is 1. The number of likely N-dealkylation sites (tertiary alicyclic amines) is 1. The number of carboxylic acid groups (broad SMARTS) is 1. The van der Waals surface area contributed by atoms with Crippen LogP contribution in [0, 0.1) is 11.8 Å². The third-order valence-corrected chi connectivity index (χ3v) is 4.21. The zero-order chi connectivity index (χ0) is 15.6. The van der Waals surface area contributed by atoms with Gasteiger partial charge in [-0.3, -0.25) is 14.2 Å². The average Bonchev–Trinajstić information content (AvgIpc) is 3.14. The molecular weight excluding hydrogens is 272 g/mol. The van der Waals surface area contributed by atoms with Crippen molar-refractivity contribution in [1.29, 1.82) is 0 Å². The molecule has 0 saturated carbocycles. The fraction of sp³-hybridized carbons (Fsp3) is 0.533. The zero-order valence-electron chi connectivity index (χ0n) is 12.2. The summed E-state index contributed by atoms with van der Waals surface area (Å²) >= 11 is 0. The smallest absolute Gasteiger partial charge is 0.326 e. The SMILES string of the molecule is CC(C(=O)N1CCC[C@@H]1C(=O)O)[C@@H](C)C(=O)n1cccc1. The van der Waals surface area contributed by atoms with Crippen LogP contribution in [-0.2, 0) is 9.59 Å². The van der Waals surface area contributed by atoms with Gasteiger partial charge in [0.2, 0.25) is 11.8 Å². The van der Waals surface area contributed by atoms with Gasteiger partial charge in [0.15, 0.2) is 0 Å². The van der Waals surface area contributed by atoms with Crippen molar-refractivity contribution in [3.63, 3.8) is 0 Å². The maximum Gasteiger partial charge on any atom is 0.326 e. The van der Waals surface area contributed by atoms with Gasteiger partial charge in [-0.2, -0.15) is 0 Å². The number of aliphatic carboxylic acids is 1. The van der Waals surface area contributed by atoms with Gasteiger partial charge < -0.3 is 10.0 Å². The predicted molar refractivity (Wildman–Crippen MR) is 75.8 cm³/mol. The van der Waals surface area contributed by atoms with Crippen LogP contribution in [0.1, 0.15) is 31.5 Å². The van der Waals surface area contributed by atoms with Crippen LogP contribution in [0.3, 0.4) is 0 Å². The lowest BCUT2D eigenvalue weighted by Gasteiger charge is -2.27. The Bertz CT molecular complexity index is 538. The van der Waals surface area contributed by atoms with E-state index in [9.17, 15) is 14.4 Å². The van der Waals surface area contributed by atoms with Crippen molar-refractivity contribution in [2.75, 3.05) is 6.54 Å². The van der Waals surface area contributed by atoms with Gasteiger partial charge in [-0.05, 0) is 25.0 Å². The number of nitrogens with zero attached hydrogens (tertiary/aromatic N) is 2. The molecule has 1 saturated heterocycles. The molecule has 1 N–H and O–H groups in total. The van der Waals surface area contributed by atoms with Crippen molar-refractivity contribution in [2.24, 2.45) is 11.8 Å². The molecule has 1 aromatic heterocycles. The molecule has 0 radical (unpaired) electrons. The van der Waals surface area contributed by atoms with E-state index in [1.807, 2.05) is 0 Å². The summed E-state index contributed by atoms with van der Waals surface area (Å²) in [4.78, 5) is 37.3. The number of aromatic nitrogens is 1. The van der Waals surface area contributed by atoms with E-state index in [-0.39, 0.29) is 11.8 Å². The number of carbonyl (C=O) groups is 3. The topological polar surface area (TPSA) is 79.6 Å². The summed E-state index contributed by atoms with van der Waals surface area (Å²) in [6.45, 7) is 3.84. The molecule has 0 aromatic carbocycles. The van der Waals surface area contributed by atoms with Crippen molar-refractivity contribution < 1.29 is 19.5 Å². The van der Waals surface area contributed by atoms with Gasteiger partial charge in [-0.1, -0.05) is 13.8 Å². The van der Waals surface area contributed by atoms with Gasteiger partial charge in [0.05, 0.1) is 0 Å². The zero-order valence-corrected chi connectivity index (χ0v) is 12.2. The van der Waals surface area contributed by atoms with E-state index in [0.717, 1.165) is 0 Å². The highest BCUT2D eigenvalue weighted by Crippen LogP contribution is 2.24. The third kappa shape index (κ3) is 2.99. The molecule has 6 nitrogen and oxygen atoms in total. The van der Waals surface area contributed by atoms with E-state index >= 15 is 0 Å². The van der Waals surface area contributed by atoms with Crippen LogP contribution >= 0.6 is 0 Å². The van der Waals surface area contributed by atoms with Crippen molar-refractivity contribution >= 4 is 17.8 Å². The molecule has 3 atom stereocenters. The molecule has 2 rings (SSSR count). The van der Waals surface area contributed by atoms with E-state index < -0.39 is 23.8 Å². The number of rotatable bonds is 4. The lowest BCUT2D eigenvalue weighted by atomic mass is 9.93. The Morgan fingerprint density at radius 1 is 1.10 bits per heavy atom. The molecule has 1 unspecified atom stereocenters. The Morgan fingerprint density at radius 2 is 1.67 bits per heavy atom. The number of carbonyl (C=O) groups excluding carboxylic acids is 2. The number of hydrogen-bond donors (Lipinski definition) is 1. The van der Waals surface area contributed by atoms with Crippen LogP contribution in [0.25, 0.3) is 0 Å². The summed E-state index contributed by atoms with van der Waals surface area (Å²) in [6.07, 6.45) is 4.46. The normalized spacial score (nSPS) is 21.0. The van der Waals surface area contributed by atoms with Gasteiger partial charge in [-0.15, -0.1) is 0 Å². The average molecular weight is 292 g/mol. The molecule has 6 heteroatoms. The minimum atomic E-state index is -0.975. The van der Waals surface area contributed by atoms with Gasteiger partial charge in [0, 0.05) is 30.8 Å². The first-order valence-corrected chi connectivity index (χ1v) is 7.14. The standard InChI is InChI=1S/C15H20N2O4/c1-10(13(18)16-7-3-4-8-16)11(2)14(19)17-9-5-6-12(17)15(20)21/h3-4,7-8,10-12H,5-6,9H2,1-2H3,(H,20,21)/t10-,11?,12-/m1/s1. The highest BCUT2D eigenvalue weighted by atomic mass is 16.4. The first-order chi connectivity index (χ1) is 9.93. The van der Waals surface area contributed by atoms with E-state index in [1.54, 1.807) is 38.4 Å². The highest BCUT2D eigenvalue weighted by molar-refractivity contribution is 5.90. The molecule has 114 valence electrons. The number of hydrogen-bond acceptors (Lipinski definition) is 3. The minimum Gasteiger partial charge on any atom is -0.480 e. The molecule has 1 amide bonds. The summed E-state index contributed by atoms with van der Waals surface area (Å²) in [5, 5.41) is 9.15. The summed E-state index contributed by atoms with van der Waals surface area (Å²) < 4.78 is 1.45. The Hall–Kier alpha value is -2.11. The molecule has 1 fully saturated rings. The predicted octanol–water partition coefficient (Wildman–Crippen LogP) is 1.48. The largest absolute Gasteiger partial charge is 0.480 e. The van der Waals surface area contributed by atoms with Crippen molar-refractivity contribution in [1.82, 2.24) is 9.47 Å². The third-order valence-electron chi connectivity index (χ3n) is 4.21. The molecular formula is C15H20N2O4. The second-order valence-electron chi connectivity index (χ2n) is 5.53. The Morgan fingerprint density at radius 3 is 2.24 bits per heavy atom. The molecule has 0 aliphatic carbocycles. The molecule has 0 bridgehead atoms. The maximum absolute atomic E-state index is 12.5. The molecule has 2 heterocycles. The fourth-order valence-corrected chi connectivity index (χ4v) is 2.69. The maximum atomic E-state index is 12.5. The minimum absolute atomic E-state index is 0.160. The van der Waals surface area contributed by atoms with Gasteiger partial charge in [-0.25, -0.2) is 4.79 Å². The lowest BCUT2D eigenvalue weighted by Crippen LogP contribution is -2.45. The lowest BCUT2D eigenvalue weighted by molar-refractivity contribution is -0.150. The summed E-state index contributed by atoms with van der Waals surface area (Å²) in [5.74, 6) is -2.43. The van der Waals surface area contributed by atoms with Gasteiger partial charge >= 0.3 is 5.97 Å². The molecule has 21 heavy (non-hydrogen) atoms. The van der Waals surface area contributed by atoms with Crippen molar-refractivity contribution in [3.8, 4) is 0 Å². The van der Waals surface area contributed by atoms with E-state index in [0.29, 0.717) is 19.4 Å². The van der Waals surface area contributed by atoms with Crippen LogP contribution < -0.4 is 0 Å². The summed E-state index contributed by atoms with van der Waals surface area (Å²) in [7, 11) is 0. The van der Waals surface area contributed by atoms with E-state index in [2.05, 4.69) is 0 Å². The Kier molecular flexibility index (Phi) is 4.45. The summed E-state index contributed by atoms with van der Waals surface area (Å²) in [6, 6.07) is 2.74. The monoisotopic (exact) mass is 292 g/mol. The Balaban J connectivity index is 2.08. The summed E-state index contributed by atoms with van der Waals surface area (Å²) in [5.41, 5.74) is 0. The van der Waals surface area contributed by atoms with Crippen LogP contribution in [0.5, 0.6) is 0 Å². The molecule has 0 spiro atoms. The van der Waals surface area contributed by atoms with Crippen LogP contribution in [-0.4, -0.2) is 44.9 Å². The van der Waals surface area contributed by atoms with E-state index in [1.165, 1.54) is 9.47 Å². The van der Waals surface area contributed by atoms with Gasteiger partial charge in [0.1, 0.15) is 6.04 Å². The number of carboxylic acids is 1. The van der Waals surface area contributed by atoms with Crippen LogP contribution in [0.15, 0.2) is 24.5 Å². The van der Waals surface area contributed by atoms with Crippen molar-refractivity contribution in [3.05, 3.63) is 24.5 Å². The first kappa shape index (κ1) is 15.3. The van der Waals surface area contributed by atoms with E-state index in [4.69, 9.17) is 5.11 Å². The highest BCUT2D eigenvalue weighted by Gasteiger charge is 2.38. The van der Waals surface area contributed by atoms with Crippen LogP contribution in [0.2, 0.25) is 0 Å². The van der Waals surface area contributed by atoms with Crippen molar-refractivity contribution in [2.45, 2.75) is 32.7 Å². The first-order valence-electron chi connectivity index (χ1n) is 7.14. The second-order valence-corrected chi connectivity index (χ2v) is 5.53. The molecule has 1 aliphatic heterocycles. The Labute approximate surface area is 123 Å².